The molecular weight excluding hydrogens is 524 g/mol. The first-order valence-electron chi connectivity index (χ1n) is 13.0. The van der Waals surface area contributed by atoms with E-state index in [1.165, 1.54) is 15.5 Å². The molecule has 1 aromatic heterocycles. The number of carbonyl (C=O) groups is 3. The molecule has 0 saturated carbocycles. The average molecular weight is 553 g/mol. The van der Waals surface area contributed by atoms with E-state index < -0.39 is 18.4 Å². The number of nitrogens with two attached hydrogens (primary N) is 1. The number of hydrogen-bond acceptors (Lipinski definition) is 8. The van der Waals surface area contributed by atoms with E-state index in [0.717, 1.165) is 35.5 Å². The van der Waals surface area contributed by atoms with E-state index >= 15 is 0 Å². The van der Waals surface area contributed by atoms with Gasteiger partial charge in [-0.05, 0) is 37.0 Å². The number of benzene rings is 1. The van der Waals surface area contributed by atoms with Gasteiger partial charge >= 0.3 is 6.03 Å². The van der Waals surface area contributed by atoms with Crippen molar-refractivity contribution in [1.82, 2.24) is 18.9 Å². The lowest BCUT2D eigenvalue weighted by Gasteiger charge is -2.28. The molecule has 13 heteroatoms. The number of halogens is 1. The number of nitrogens with zero attached hydrogens (tertiary/aromatic N) is 7. The Bertz CT molecular complexity index is 1400. The van der Waals surface area contributed by atoms with Gasteiger partial charge in [-0.2, -0.15) is 0 Å². The van der Waals surface area contributed by atoms with Gasteiger partial charge in [0.15, 0.2) is 5.82 Å². The number of hydrogen-bond donors (Lipinski definition) is 1. The maximum absolute atomic E-state index is 13.7. The zero-order valence-corrected chi connectivity index (χ0v) is 22.4. The molecule has 3 atom stereocenters. The van der Waals surface area contributed by atoms with Crippen LogP contribution in [-0.2, 0) is 16.1 Å². The normalized spacial score (nSPS) is 24.4. The average Bonchev–Trinajstić information content (AvgIpc) is 3.58. The van der Waals surface area contributed by atoms with Gasteiger partial charge in [-0.15, -0.1) is 0 Å². The summed E-state index contributed by atoms with van der Waals surface area (Å²) in [5, 5.41) is 0. The van der Waals surface area contributed by atoms with Crippen LogP contribution in [0.25, 0.3) is 11.4 Å². The first-order valence-corrected chi connectivity index (χ1v) is 13.3. The second-order valence-corrected chi connectivity index (χ2v) is 10.7. The number of allylic oxidation sites excluding steroid dienone is 1. The third-order valence-corrected chi connectivity index (χ3v) is 7.80. The highest BCUT2D eigenvalue weighted by Gasteiger charge is 2.52. The van der Waals surface area contributed by atoms with Crippen molar-refractivity contribution in [3.05, 3.63) is 36.7 Å². The van der Waals surface area contributed by atoms with Crippen molar-refractivity contribution in [2.24, 2.45) is 16.6 Å². The predicted molar refractivity (Wildman–Crippen MR) is 145 cm³/mol. The van der Waals surface area contributed by atoms with Crippen molar-refractivity contribution >= 4 is 47.3 Å². The zero-order chi connectivity index (χ0) is 27.4. The lowest BCUT2D eigenvalue weighted by Crippen LogP contribution is -2.46. The number of primary amides is 1. The van der Waals surface area contributed by atoms with Crippen molar-refractivity contribution in [3.63, 3.8) is 0 Å². The van der Waals surface area contributed by atoms with Crippen molar-refractivity contribution in [3.8, 4) is 17.1 Å². The molecule has 2 fully saturated rings. The van der Waals surface area contributed by atoms with E-state index in [9.17, 15) is 14.4 Å². The molecule has 6 rings (SSSR count). The van der Waals surface area contributed by atoms with Gasteiger partial charge in [0.05, 0.1) is 12.1 Å². The fraction of sp³-hybridized carbons (Fsp3) is 0.423. The summed E-state index contributed by atoms with van der Waals surface area (Å²) in [6.45, 7) is 5.40. The molecule has 12 nitrogen and oxygen atoms in total. The first-order chi connectivity index (χ1) is 18.8. The van der Waals surface area contributed by atoms with Crippen LogP contribution in [0, 0.1) is 5.92 Å². The molecule has 4 amide bonds. The standard InChI is InChI=1S/C26H29ClN8O4/c1-15(2)21-24(37)35(25-29-8-4-10-33(25)27)26(38)34(21)20-14-31-11-12-39-19-13-16(6-7-17(19)23(31)30-20)32-9-3-5-18(32)22(28)36/h4,6-8,10,13-15,18,21,25H,3,5,9,11-12H2,1-2H3,(H2,28,36)/t18-,21?,25?/m0/s1. The molecule has 4 aliphatic heterocycles. The fourth-order valence-electron chi connectivity index (χ4n) is 5.71. The van der Waals surface area contributed by atoms with Crippen LogP contribution in [0.1, 0.15) is 26.7 Å². The van der Waals surface area contributed by atoms with E-state index in [2.05, 4.69) is 4.99 Å². The SMILES string of the molecule is CC(C)C1C(=O)N(C2N=CC=CN2Cl)C(=O)N1c1cn2c(n1)-c1ccc(N3CCC[C@H]3C(N)=O)cc1OCC2. The molecular formula is C26H29ClN8O4. The number of amides is 4. The number of rotatable bonds is 5. The van der Waals surface area contributed by atoms with Crippen LogP contribution in [0.5, 0.6) is 5.75 Å². The highest BCUT2D eigenvalue weighted by molar-refractivity contribution is 6.17. The minimum Gasteiger partial charge on any atom is -0.491 e. The monoisotopic (exact) mass is 552 g/mol. The Morgan fingerprint density at radius 3 is 2.77 bits per heavy atom. The summed E-state index contributed by atoms with van der Waals surface area (Å²) in [4.78, 5) is 52.8. The smallest absolute Gasteiger partial charge is 0.336 e. The Morgan fingerprint density at radius 2 is 2.03 bits per heavy atom. The molecule has 2 unspecified atom stereocenters. The number of aromatic nitrogens is 2. The molecule has 204 valence electrons. The Morgan fingerprint density at radius 1 is 1.21 bits per heavy atom. The van der Waals surface area contributed by atoms with Crippen LogP contribution in [0.4, 0.5) is 16.3 Å². The lowest BCUT2D eigenvalue weighted by atomic mass is 10.0. The van der Waals surface area contributed by atoms with E-state index in [1.807, 2.05) is 41.5 Å². The summed E-state index contributed by atoms with van der Waals surface area (Å²) in [5.74, 6) is 0.711. The lowest BCUT2D eigenvalue weighted by molar-refractivity contribution is -0.130. The van der Waals surface area contributed by atoms with Crippen molar-refractivity contribution in [1.29, 1.82) is 0 Å². The zero-order valence-electron chi connectivity index (χ0n) is 21.6. The van der Waals surface area contributed by atoms with Crippen LogP contribution in [0.2, 0.25) is 0 Å². The highest BCUT2D eigenvalue weighted by atomic mass is 35.5. The summed E-state index contributed by atoms with van der Waals surface area (Å²) < 4.78 is 9.20. The fourth-order valence-corrected chi connectivity index (χ4v) is 5.91. The number of imidazole rings is 1. The predicted octanol–water partition coefficient (Wildman–Crippen LogP) is 2.53. The minimum atomic E-state index is -0.981. The first kappa shape index (κ1) is 25.2. The molecule has 2 aromatic rings. The largest absolute Gasteiger partial charge is 0.491 e. The Hall–Kier alpha value is -4.06. The van der Waals surface area contributed by atoms with Gasteiger partial charge in [0.2, 0.25) is 12.2 Å². The third-order valence-electron chi connectivity index (χ3n) is 7.52. The summed E-state index contributed by atoms with van der Waals surface area (Å²) in [6, 6.07) is 4.11. The molecule has 2 N–H and O–H groups in total. The molecule has 39 heavy (non-hydrogen) atoms. The summed E-state index contributed by atoms with van der Waals surface area (Å²) in [6.07, 6.45) is 7.09. The van der Waals surface area contributed by atoms with E-state index in [4.69, 9.17) is 27.2 Å². The third kappa shape index (κ3) is 4.10. The Balaban J connectivity index is 1.36. The molecule has 0 radical (unpaired) electrons. The van der Waals surface area contributed by atoms with Gasteiger partial charge in [-0.1, -0.05) is 13.8 Å². The number of urea groups is 1. The second-order valence-electron chi connectivity index (χ2n) is 10.3. The highest BCUT2D eigenvalue weighted by Crippen LogP contribution is 2.39. The van der Waals surface area contributed by atoms with Crippen LogP contribution in [-0.4, -0.2) is 74.5 Å². The molecule has 4 aliphatic rings. The summed E-state index contributed by atoms with van der Waals surface area (Å²) in [5.41, 5.74) is 7.24. The van der Waals surface area contributed by atoms with Crippen molar-refractivity contribution < 1.29 is 19.1 Å². The molecule has 1 aromatic carbocycles. The van der Waals surface area contributed by atoms with Gasteiger partial charge in [-0.25, -0.2) is 24.1 Å². The maximum atomic E-state index is 13.7. The Kier molecular flexibility index (Phi) is 6.21. The number of ether oxygens (including phenoxy) is 1. The number of anilines is 2. The van der Waals surface area contributed by atoms with Crippen LogP contribution in [0.3, 0.4) is 0 Å². The number of fused-ring (bicyclic) bond motifs is 3. The number of aliphatic imine (C=N–C) groups is 1. The van der Waals surface area contributed by atoms with Crippen LogP contribution < -0.4 is 20.3 Å². The van der Waals surface area contributed by atoms with Gasteiger partial charge in [-0.3, -0.25) is 14.5 Å². The second kappa shape index (κ2) is 9.60. The molecule has 0 bridgehead atoms. The van der Waals surface area contributed by atoms with E-state index in [-0.39, 0.29) is 23.8 Å². The van der Waals surface area contributed by atoms with Crippen molar-refractivity contribution in [2.75, 3.05) is 23.0 Å². The Labute approximate surface area is 230 Å². The maximum Gasteiger partial charge on any atom is 0.336 e. The molecule has 2 saturated heterocycles. The topological polar surface area (TPSA) is 130 Å². The van der Waals surface area contributed by atoms with E-state index in [1.54, 1.807) is 18.5 Å². The number of imide groups is 1. The molecule has 5 heterocycles. The van der Waals surface area contributed by atoms with Gasteiger partial charge < -0.3 is 19.9 Å². The number of carbonyl (C=O) groups excluding carboxylic acids is 3. The molecule has 0 spiro atoms. The van der Waals surface area contributed by atoms with Gasteiger partial charge in [0.25, 0.3) is 5.91 Å². The molecule has 0 aliphatic carbocycles. The van der Waals surface area contributed by atoms with Gasteiger partial charge in [0, 0.05) is 48.7 Å². The van der Waals surface area contributed by atoms with Gasteiger partial charge in [0.1, 0.15) is 30.3 Å². The van der Waals surface area contributed by atoms with Crippen molar-refractivity contribution in [2.45, 2.75) is 51.6 Å². The summed E-state index contributed by atoms with van der Waals surface area (Å²) in [7, 11) is 0. The van der Waals surface area contributed by atoms with Crippen LogP contribution in [0.15, 0.2) is 41.7 Å². The quantitative estimate of drug-likeness (QED) is 0.445. The van der Waals surface area contributed by atoms with E-state index in [0.29, 0.717) is 30.5 Å². The summed E-state index contributed by atoms with van der Waals surface area (Å²) >= 11 is 6.26. The minimum absolute atomic E-state index is 0.184. The van der Waals surface area contributed by atoms with Crippen LogP contribution >= 0.6 is 11.8 Å².